The van der Waals surface area contributed by atoms with Crippen LogP contribution in [0, 0.1) is 12.7 Å². The van der Waals surface area contributed by atoms with Gasteiger partial charge in [0.2, 0.25) is 5.91 Å². The SMILES string of the molecule is Cc1cn(-c2ncccc2F)nc1NC(=O)CN1CCN(c2ccncc2)CC1. The van der Waals surface area contributed by atoms with E-state index in [1.807, 2.05) is 19.1 Å². The summed E-state index contributed by atoms with van der Waals surface area (Å²) in [5.41, 5.74) is 1.89. The molecule has 0 spiro atoms. The molecule has 0 aromatic carbocycles. The number of anilines is 2. The van der Waals surface area contributed by atoms with Crippen molar-refractivity contribution >= 4 is 17.4 Å². The summed E-state index contributed by atoms with van der Waals surface area (Å²) in [6, 6.07) is 6.83. The van der Waals surface area contributed by atoms with Crippen molar-refractivity contribution in [1.29, 1.82) is 0 Å². The summed E-state index contributed by atoms with van der Waals surface area (Å²) in [6.07, 6.45) is 6.72. The minimum Gasteiger partial charge on any atom is -0.369 e. The van der Waals surface area contributed by atoms with Crippen LogP contribution in [0.25, 0.3) is 5.82 Å². The van der Waals surface area contributed by atoms with Gasteiger partial charge in [-0.15, -0.1) is 5.10 Å². The summed E-state index contributed by atoms with van der Waals surface area (Å²) in [6.45, 7) is 5.39. The van der Waals surface area contributed by atoms with Crippen molar-refractivity contribution in [2.24, 2.45) is 0 Å². The van der Waals surface area contributed by atoms with Crippen molar-refractivity contribution in [3.8, 4) is 5.82 Å². The summed E-state index contributed by atoms with van der Waals surface area (Å²) in [4.78, 5) is 24.9. The Labute approximate surface area is 168 Å². The smallest absolute Gasteiger partial charge is 0.239 e. The molecule has 150 valence electrons. The average Bonchev–Trinajstić information content (AvgIpc) is 3.09. The first kappa shape index (κ1) is 19.0. The van der Waals surface area contributed by atoms with Crippen molar-refractivity contribution in [3.05, 3.63) is 60.4 Å². The van der Waals surface area contributed by atoms with E-state index in [0.29, 0.717) is 5.82 Å². The van der Waals surface area contributed by atoms with Gasteiger partial charge in [0, 0.05) is 62.2 Å². The molecule has 1 aliphatic rings. The van der Waals surface area contributed by atoms with E-state index in [2.05, 4.69) is 30.2 Å². The molecule has 9 heteroatoms. The lowest BCUT2D eigenvalue weighted by Crippen LogP contribution is -2.48. The second-order valence-electron chi connectivity index (χ2n) is 6.93. The van der Waals surface area contributed by atoms with E-state index in [9.17, 15) is 9.18 Å². The van der Waals surface area contributed by atoms with E-state index in [1.54, 1.807) is 18.6 Å². The summed E-state index contributed by atoms with van der Waals surface area (Å²) < 4.78 is 15.3. The molecule has 3 aromatic rings. The zero-order valence-electron chi connectivity index (χ0n) is 16.1. The largest absolute Gasteiger partial charge is 0.369 e. The first-order valence-corrected chi connectivity index (χ1v) is 9.44. The maximum atomic E-state index is 13.9. The number of halogens is 1. The summed E-state index contributed by atoms with van der Waals surface area (Å²) in [5.74, 6) is -0.101. The minimum absolute atomic E-state index is 0.100. The van der Waals surface area contributed by atoms with Gasteiger partial charge in [-0.05, 0) is 31.2 Å². The van der Waals surface area contributed by atoms with Crippen LogP contribution < -0.4 is 10.2 Å². The number of hydrogen-bond donors (Lipinski definition) is 1. The van der Waals surface area contributed by atoms with Crippen molar-refractivity contribution in [1.82, 2.24) is 24.6 Å². The van der Waals surface area contributed by atoms with Crippen LogP contribution in [0.2, 0.25) is 0 Å². The summed E-state index contributed by atoms with van der Waals surface area (Å²) >= 11 is 0. The van der Waals surface area contributed by atoms with Crippen molar-refractivity contribution in [2.75, 3.05) is 42.9 Å². The maximum absolute atomic E-state index is 13.9. The van der Waals surface area contributed by atoms with E-state index in [4.69, 9.17) is 0 Å². The Bertz CT molecular complexity index is 984. The van der Waals surface area contributed by atoms with E-state index in [1.165, 1.54) is 23.0 Å². The maximum Gasteiger partial charge on any atom is 0.239 e. The van der Waals surface area contributed by atoms with Crippen LogP contribution in [-0.4, -0.2) is 63.3 Å². The first-order valence-electron chi connectivity index (χ1n) is 9.44. The molecule has 3 aromatic heterocycles. The van der Waals surface area contributed by atoms with E-state index in [-0.39, 0.29) is 18.3 Å². The predicted molar refractivity (Wildman–Crippen MR) is 108 cm³/mol. The van der Waals surface area contributed by atoms with Gasteiger partial charge < -0.3 is 10.2 Å². The van der Waals surface area contributed by atoms with Crippen molar-refractivity contribution < 1.29 is 9.18 Å². The standard InChI is InChI=1S/C20H22FN7O/c1-15-13-28(20-17(21)3-2-6-23-20)25-19(15)24-18(29)14-26-9-11-27(12-10-26)16-4-7-22-8-5-16/h2-8,13H,9-12,14H2,1H3,(H,24,25,29). The highest BCUT2D eigenvalue weighted by atomic mass is 19.1. The van der Waals surface area contributed by atoms with Gasteiger partial charge in [0.05, 0.1) is 6.54 Å². The van der Waals surface area contributed by atoms with Gasteiger partial charge in [-0.2, -0.15) is 0 Å². The fraction of sp³-hybridized carbons (Fsp3) is 0.300. The molecule has 1 N–H and O–H groups in total. The molecule has 0 saturated carbocycles. The predicted octanol–water partition coefficient (Wildman–Crippen LogP) is 1.87. The Morgan fingerprint density at radius 1 is 1.14 bits per heavy atom. The molecule has 8 nitrogen and oxygen atoms in total. The Balaban J connectivity index is 1.33. The molecule has 1 amide bonds. The molecule has 0 aliphatic carbocycles. The summed E-state index contributed by atoms with van der Waals surface area (Å²) in [7, 11) is 0. The molecule has 0 bridgehead atoms. The fourth-order valence-electron chi connectivity index (χ4n) is 3.33. The molecular formula is C20H22FN7O. The first-order chi connectivity index (χ1) is 14.1. The van der Waals surface area contributed by atoms with E-state index in [0.717, 1.165) is 37.4 Å². The number of aryl methyl sites for hydroxylation is 1. The molecule has 1 saturated heterocycles. The van der Waals surface area contributed by atoms with Gasteiger partial charge >= 0.3 is 0 Å². The number of hydrogen-bond acceptors (Lipinski definition) is 6. The molecule has 1 fully saturated rings. The highest BCUT2D eigenvalue weighted by Gasteiger charge is 2.20. The third-order valence-corrected chi connectivity index (χ3v) is 4.88. The van der Waals surface area contributed by atoms with Gasteiger partial charge in [0.25, 0.3) is 0 Å². The lowest BCUT2D eigenvalue weighted by atomic mass is 10.2. The lowest BCUT2D eigenvalue weighted by molar-refractivity contribution is -0.117. The van der Waals surface area contributed by atoms with Gasteiger partial charge in [-0.25, -0.2) is 14.1 Å². The Hall–Kier alpha value is -3.33. The number of carbonyl (C=O) groups excluding carboxylic acids is 1. The fourth-order valence-corrected chi connectivity index (χ4v) is 3.33. The highest BCUT2D eigenvalue weighted by molar-refractivity contribution is 5.92. The van der Waals surface area contributed by atoms with E-state index >= 15 is 0 Å². The number of carbonyl (C=O) groups is 1. The second kappa shape index (κ2) is 8.36. The normalized spacial score (nSPS) is 14.8. The monoisotopic (exact) mass is 395 g/mol. The van der Waals surface area contributed by atoms with Crippen molar-refractivity contribution in [3.63, 3.8) is 0 Å². The topological polar surface area (TPSA) is 79.2 Å². The molecular weight excluding hydrogens is 373 g/mol. The van der Waals surface area contributed by atoms with Crippen molar-refractivity contribution in [2.45, 2.75) is 6.92 Å². The molecule has 0 atom stereocenters. The van der Waals surface area contributed by atoms with E-state index < -0.39 is 5.82 Å². The van der Waals surface area contributed by atoms with Crippen LogP contribution in [0.5, 0.6) is 0 Å². The van der Waals surface area contributed by atoms with Gasteiger partial charge in [0.15, 0.2) is 17.5 Å². The number of nitrogens with one attached hydrogen (secondary N) is 1. The number of piperazine rings is 1. The van der Waals surface area contributed by atoms with Gasteiger partial charge in [-0.3, -0.25) is 14.7 Å². The molecule has 29 heavy (non-hydrogen) atoms. The van der Waals surface area contributed by atoms with Gasteiger partial charge in [-0.1, -0.05) is 0 Å². The third kappa shape index (κ3) is 4.40. The Morgan fingerprint density at radius 3 is 2.62 bits per heavy atom. The second-order valence-corrected chi connectivity index (χ2v) is 6.93. The summed E-state index contributed by atoms with van der Waals surface area (Å²) in [5, 5.41) is 7.10. The van der Waals surface area contributed by atoms with Crippen LogP contribution >= 0.6 is 0 Å². The number of aromatic nitrogens is 4. The van der Waals surface area contributed by atoms with Crippen LogP contribution in [0.15, 0.2) is 49.1 Å². The van der Waals surface area contributed by atoms with Crippen LogP contribution in [0.4, 0.5) is 15.9 Å². The Kier molecular flexibility index (Phi) is 5.48. The lowest BCUT2D eigenvalue weighted by Gasteiger charge is -2.35. The van der Waals surface area contributed by atoms with Gasteiger partial charge in [0.1, 0.15) is 0 Å². The number of rotatable bonds is 5. The molecule has 4 heterocycles. The number of amides is 1. The zero-order chi connectivity index (χ0) is 20.2. The minimum atomic E-state index is -0.472. The average molecular weight is 395 g/mol. The van der Waals surface area contributed by atoms with Crippen LogP contribution in [0.1, 0.15) is 5.56 Å². The Morgan fingerprint density at radius 2 is 1.90 bits per heavy atom. The highest BCUT2D eigenvalue weighted by Crippen LogP contribution is 2.17. The number of pyridine rings is 2. The molecule has 4 rings (SSSR count). The van der Waals surface area contributed by atoms with Crippen LogP contribution in [-0.2, 0) is 4.79 Å². The van der Waals surface area contributed by atoms with Crippen LogP contribution in [0.3, 0.4) is 0 Å². The molecule has 1 aliphatic heterocycles. The molecule has 0 radical (unpaired) electrons. The molecule has 0 unspecified atom stereocenters. The zero-order valence-corrected chi connectivity index (χ0v) is 16.1. The number of nitrogens with zero attached hydrogens (tertiary/aromatic N) is 6. The quantitative estimate of drug-likeness (QED) is 0.711. The third-order valence-electron chi connectivity index (χ3n) is 4.88.